The van der Waals surface area contributed by atoms with Crippen LogP contribution >= 0.6 is 22.7 Å². The van der Waals surface area contributed by atoms with Crippen LogP contribution in [-0.4, -0.2) is 65.7 Å². The maximum Gasteiger partial charge on any atom is 0.522 e. The standard InChI is InChI=1S/C42H45N3O7S2Si/c1-8-50-55(51-9-2,52-10-3)28-44(30(5)46)42(47)32(27-43)26-38-23-24-39(53-38)41-29(4)25-40(54-41)31-11-13-33(14-12-31)45(34-15-19-36(48-6)20-16-34)35-17-21-37(49-7)22-18-35/h11-26H,8-10,28H2,1-7H3/b32-26+. The highest BCUT2D eigenvalue weighted by Gasteiger charge is 2.45. The Kier molecular flexibility index (Phi) is 14.2. The maximum absolute atomic E-state index is 13.6. The van der Waals surface area contributed by atoms with Gasteiger partial charge >= 0.3 is 8.80 Å². The van der Waals surface area contributed by atoms with Crippen LogP contribution in [0.25, 0.3) is 26.3 Å². The molecule has 0 spiro atoms. The predicted octanol–water partition coefficient (Wildman–Crippen LogP) is 9.81. The first kappa shape index (κ1) is 41.1. The van der Waals surface area contributed by atoms with Crippen LogP contribution in [0.2, 0.25) is 0 Å². The predicted molar refractivity (Wildman–Crippen MR) is 222 cm³/mol. The SMILES string of the molecule is CCO[Si](CN(C(C)=O)C(=O)/C(C#N)=C/c1ccc(-c2sc(-c3ccc(N(c4ccc(OC)cc4)c4ccc(OC)cc4)cc3)cc2C)s1)(OCC)OCC. The molecule has 0 atom stereocenters. The van der Waals surface area contributed by atoms with Crippen LogP contribution in [0.15, 0.2) is 96.6 Å². The molecule has 0 radical (unpaired) electrons. The number of methoxy groups -OCH3 is 2. The number of carbonyl (C=O) groups excluding carboxylic acids is 2. The lowest BCUT2D eigenvalue weighted by Crippen LogP contribution is -2.57. The minimum Gasteiger partial charge on any atom is -0.497 e. The third-order valence-corrected chi connectivity index (χ3v) is 13.9. The largest absolute Gasteiger partial charge is 0.522 e. The summed E-state index contributed by atoms with van der Waals surface area (Å²) in [5.41, 5.74) is 5.00. The number of anilines is 3. The zero-order valence-corrected chi connectivity index (χ0v) is 34.7. The molecule has 0 aliphatic carbocycles. The van der Waals surface area contributed by atoms with Crippen molar-refractivity contribution >= 4 is 66.4 Å². The van der Waals surface area contributed by atoms with Crippen LogP contribution in [0.3, 0.4) is 0 Å². The Morgan fingerprint density at radius 2 is 1.25 bits per heavy atom. The van der Waals surface area contributed by atoms with E-state index in [4.69, 9.17) is 22.8 Å². The first-order valence-electron chi connectivity index (χ1n) is 17.8. The van der Waals surface area contributed by atoms with Gasteiger partial charge in [-0.1, -0.05) is 12.1 Å². The molecule has 0 unspecified atom stereocenters. The Labute approximate surface area is 332 Å². The van der Waals surface area contributed by atoms with Gasteiger partial charge in [-0.15, -0.1) is 22.7 Å². The van der Waals surface area contributed by atoms with E-state index in [-0.39, 0.29) is 31.6 Å². The van der Waals surface area contributed by atoms with E-state index in [9.17, 15) is 14.9 Å². The third-order valence-electron chi connectivity index (χ3n) is 8.55. The molecule has 0 saturated heterocycles. The van der Waals surface area contributed by atoms with Crippen LogP contribution in [0.4, 0.5) is 17.1 Å². The van der Waals surface area contributed by atoms with Gasteiger partial charge in [0.05, 0.1) is 20.4 Å². The van der Waals surface area contributed by atoms with Crippen molar-refractivity contribution in [1.82, 2.24) is 4.90 Å². The number of imide groups is 1. The maximum atomic E-state index is 13.6. The van der Waals surface area contributed by atoms with Crippen molar-refractivity contribution in [2.24, 2.45) is 0 Å². The number of ether oxygens (including phenoxy) is 2. The lowest BCUT2D eigenvalue weighted by molar-refractivity contribution is -0.140. The number of hydrogen-bond donors (Lipinski definition) is 0. The Hall–Kier alpha value is -5.07. The molecule has 0 aliphatic heterocycles. The summed E-state index contributed by atoms with van der Waals surface area (Å²) in [7, 11) is -0.100. The van der Waals surface area contributed by atoms with E-state index in [2.05, 4.69) is 42.2 Å². The number of benzene rings is 3. The second-order valence-electron chi connectivity index (χ2n) is 12.2. The van der Waals surface area contributed by atoms with Crippen LogP contribution in [-0.2, 0) is 22.9 Å². The van der Waals surface area contributed by atoms with Crippen molar-refractivity contribution in [1.29, 1.82) is 5.26 Å². The van der Waals surface area contributed by atoms with Gasteiger partial charge in [-0.05, 0) is 124 Å². The van der Waals surface area contributed by atoms with E-state index in [0.717, 1.165) is 59.2 Å². The van der Waals surface area contributed by atoms with Gasteiger partial charge < -0.3 is 27.7 Å². The summed E-state index contributed by atoms with van der Waals surface area (Å²) in [4.78, 5) is 33.5. The van der Waals surface area contributed by atoms with Gasteiger partial charge in [-0.2, -0.15) is 5.26 Å². The molecule has 0 fully saturated rings. The number of amides is 2. The lowest BCUT2D eigenvalue weighted by atomic mass is 10.1. The van der Waals surface area contributed by atoms with Crippen LogP contribution < -0.4 is 14.4 Å². The van der Waals surface area contributed by atoms with Gasteiger partial charge in [0.15, 0.2) is 0 Å². The Balaban J connectivity index is 1.39. The zero-order chi connectivity index (χ0) is 39.5. The molecule has 55 heavy (non-hydrogen) atoms. The van der Waals surface area contributed by atoms with Gasteiger partial charge in [-0.25, -0.2) is 0 Å². The van der Waals surface area contributed by atoms with Gasteiger partial charge in [0.2, 0.25) is 5.91 Å². The molecule has 0 saturated carbocycles. The average molecular weight is 796 g/mol. The highest BCUT2D eigenvalue weighted by Crippen LogP contribution is 2.42. The van der Waals surface area contributed by atoms with Crippen LogP contribution in [0, 0.1) is 18.3 Å². The van der Waals surface area contributed by atoms with E-state index in [1.807, 2.05) is 66.7 Å². The number of nitrogens with zero attached hydrogens (tertiary/aromatic N) is 3. The minimum atomic E-state index is -3.41. The summed E-state index contributed by atoms with van der Waals surface area (Å²) in [5, 5.41) is 10.1. The fourth-order valence-electron chi connectivity index (χ4n) is 5.98. The molecule has 0 aliphatic rings. The first-order valence-corrected chi connectivity index (χ1v) is 21.4. The molecular weight excluding hydrogens is 751 g/mol. The van der Waals surface area contributed by atoms with E-state index in [1.54, 1.807) is 46.3 Å². The molecule has 286 valence electrons. The van der Waals surface area contributed by atoms with Crippen LogP contribution in [0.5, 0.6) is 11.5 Å². The molecule has 2 aromatic heterocycles. The van der Waals surface area contributed by atoms with Crippen LogP contribution in [0.1, 0.15) is 38.1 Å². The summed E-state index contributed by atoms with van der Waals surface area (Å²) in [6.07, 6.45) is 1.34. The fourth-order valence-corrected chi connectivity index (χ4v) is 10.9. The summed E-state index contributed by atoms with van der Waals surface area (Å²) in [6.45, 7) is 9.61. The van der Waals surface area contributed by atoms with E-state index >= 15 is 0 Å². The van der Waals surface area contributed by atoms with Crippen molar-refractivity contribution in [3.8, 4) is 37.8 Å². The number of thiophene rings is 2. The minimum absolute atomic E-state index is 0.169. The molecule has 5 aromatic rings. The van der Waals surface area contributed by atoms with Crippen molar-refractivity contribution < 1.29 is 32.3 Å². The molecule has 13 heteroatoms. The van der Waals surface area contributed by atoms with Crippen molar-refractivity contribution in [3.05, 3.63) is 107 Å². The van der Waals surface area contributed by atoms with Gasteiger partial charge in [0, 0.05) is 63.3 Å². The Bertz CT molecular complexity index is 2070. The normalized spacial score (nSPS) is 11.6. The quantitative estimate of drug-likeness (QED) is 0.0516. The number of rotatable bonds is 17. The Morgan fingerprint density at radius 3 is 1.71 bits per heavy atom. The van der Waals surface area contributed by atoms with Gasteiger partial charge in [0.1, 0.15) is 23.1 Å². The van der Waals surface area contributed by atoms with Crippen molar-refractivity contribution in [2.45, 2.75) is 34.6 Å². The van der Waals surface area contributed by atoms with Gasteiger partial charge in [-0.3, -0.25) is 14.5 Å². The summed E-state index contributed by atoms with van der Waals surface area (Å²) < 4.78 is 28.4. The molecule has 3 aromatic carbocycles. The summed E-state index contributed by atoms with van der Waals surface area (Å²) >= 11 is 3.15. The monoisotopic (exact) mass is 795 g/mol. The Morgan fingerprint density at radius 1 is 0.745 bits per heavy atom. The van der Waals surface area contributed by atoms with E-state index in [0.29, 0.717) is 4.88 Å². The molecule has 0 bridgehead atoms. The summed E-state index contributed by atoms with van der Waals surface area (Å²) in [6, 6.07) is 32.4. The second-order valence-corrected chi connectivity index (χ2v) is 16.9. The van der Waals surface area contributed by atoms with E-state index in [1.165, 1.54) is 24.3 Å². The molecule has 2 amide bonds. The lowest BCUT2D eigenvalue weighted by Gasteiger charge is -2.32. The molecule has 2 heterocycles. The molecule has 5 rings (SSSR count). The highest BCUT2D eigenvalue weighted by atomic mass is 32.1. The van der Waals surface area contributed by atoms with Crippen molar-refractivity contribution in [3.63, 3.8) is 0 Å². The third kappa shape index (κ3) is 9.79. The van der Waals surface area contributed by atoms with Gasteiger partial charge in [0.25, 0.3) is 5.91 Å². The fraction of sp³-hybridized carbons (Fsp3) is 0.262. The topological polar surface area (TPSA) is 111 Å². The highest BCUT2D eigenvalue weighted by molar-refractivity contribution is 7.24. The number of aryl methyl sites for hydroxylation is 1. The smallest absolute Gasteiger partial charge is 0.497 e. The number of nitriles is 1. The molecular formula is C42H45N3O7S2Si. The number of hydrogen-bond acceptors (Lipinski definition) is 11. The molecule has 10 nitrogen and oxygen atoms in total. The second kappa shape index (κ2) is 19.0. The first-order chi connectivity index (χ1) is 26.6. The van der Waals surface area contributed by atoms with E-state index < -0.39 is 20.6 Å². The summed E-state index contributed by atoms with van der Waals surface area (Å²) in [5.74, 6) is 0.313. The average Bonchev–Trinajstić information content (AvgIpc) is 3.83. The zero-order valence-electron chi connectivity index (χ0n) is 32.1. The number of carbonyl (C=O) groups is 2. The molecule has 0 N–H and O–H groups in total. The van der Waals surface area contributed by atoms with Crippen molar-refractivity contribution in [2.75, 3.05) is 45.1 Å².